The molecule has 10 aromatic heterocycles. The molecule has 0 saturated heterocycles. The number of furan rings is 2. The fourth-order valence-corrected chi connectivity index (χ4v) is 22.8. The van der Waals surface area contributed by atoms with Gasteiger partial charge in [0.05, 0.1) is 50.2 Å². The second-order valence-electron chi connectivity index (χ2n) is 34.9. The molecular weight excluding hydrogens is 1740 g/mol. The van der Waals surface area contributed by atoms with E-state index in [1.807, 2.05) is 156 Å². The molecule has 650 valence electrons. The number of para-hydroxylation sites is 7. The minimum atomic E-state index is 0.580. The lowest BCUT2D eigenvalue weighted by molar-refractivity contribution is 0.669. The van der Waals surface area contributed by atoms with E-state index in [1.54, 1.807) is 0 Å². The van der Waals surface area contributed by atoms with Crippen molar-refractivity contribution in [3.05, 3.63) is 461 Å². The van der Waals surface area contributed by atoms with E-state index >= 15 is 0 Å². The molecule has 0 atom stereocenters. The summed E-state index contributed by atoms with van der Waals surface area (Å²) in [4.78, 5) is 35.3. The van der Waals surface area contributed by atoms with Crippen molar-refractivity contribution in [1.82, 2.24) is 48.6 Å². The van der Waals surface area contributed by atoms with Gasteiger partial charge in [-0.2, -0.15) is 9.97 Å². The zero-order valence-electron chi connectivity index (χ0n) is 74.5. The first-order chi connectivity index (χ1) is 68.9. The number of fused-ring (bicyclic) bond motifs is 21. The minimum Gasteiger partial charge on any atom is -0.455 e. The molecule has 0 aliphatic carbocycles. The molecule has 0 N–H and O–H groups in total. The molecular formula is C125H76N10O2S2. The van der Waals surface area contributed by atoms with E-state index < -0.39 is 0 Å². The average molecular weight is 1810 g/mol. The maximum Gasteiger partial charge on any atom is 0.238 e. The fraction of sp³-hybridized carbons (Fsp3) is 0. The SMILES string of the molecule is c1ccc(-c2cc(-c3ccccc3)nc(-n3c4ccccc4c4cc(-c5cccc6c5oc5ccccc56)ccc43)n2)cc1.c1ccc(-c2nc(-c3ccccc3)nc(-n3c4ccccc4c4cc(-c5cccc6c5oc5ccccc56)ccc43)n2)cc1.c1ccc2c(c1)sc1c(-c3ccc(-c4ccnc(-n5c6ccccc6c6cc(-c7cccc8c7sc7ccccc78)ccc65)n4)cc3)cccc12. The minimum absolute atomic E-state index is 0.580. The van der Waals surface area contributed by atoms with Crippen LogP contribution >= 0.6 is 22.7 Å². The highest BCUT2D eigenvalue weighted by Gasteiger charge is 2.26. The molecule has 0 amide bonds. The Labute approximate surface area is 803 Å². The van der Waals surface area contributed by atoms with E-state index in [0.717, 1.165) is 166 Å². The number of rotatable bonds is 12. The lowest BCUT2D eigenvalue weighted by atomic mass is 10.0. The summed E-state index contributed by atoms with van der Waals surface area (Å²) in [6.45, 7) is 0. The molecule has 12 nitrogen and oxygen atoms in total. The molecule has 29 rings (SSSR count). The smallest absolute Gasteiger partial charge is 0.238 e. The first kappa shape index (κ1) is 80.4. The predicted molar refractivity (Wildman–Crippen MR) is 576 cm³/mol. The topological polar surface area (TPSA) is 131 Å². The van der Waals surface area contributed by atoms with Gasteiger partial charge in [-0.05, 0) is 124 Å². The van der Waals surface area contributed by atoms with Crippen LogP contribution in [0.3, 0.4) is 0 Å². The van der Waals surface area contributed by atoms with Crippen molar-refractivity contribution in [3.63, 3.8) is 0 Å². The van der Waals surface area contributed by atoms with E-state index in [2.05, 4.69) is 341 Å². The molecule has 0 saturated carbocycles. The van der Waals surface area contributed by atoms with Crippen LogP contribution in [0.25, 0.3) is 269 Å². The van der Waals surface area contributed by atoms with Gasteiger partial charge in [-0.25, -0.2) is 24.9 Å². The van der Waals surface area contributed by atoms with Gasteiger partial charge >= 0.3 is 0 Å². The van der Waals surface area contributed by atoms with E-state index in [-0.39, 0.29) is 0 Å². The molecule has 29 aromatic rings. The molecule has 0 aliphatic rings. The molecule has 14 heteroatoms. The van der Waals surface area contributed by atoms with Crippen molar-refractivity contribution in [1.29, 1.82) is 0 Å². The van der Waals surface area contributed by atoms with Gasteiger partial charge in [0.2, 0.25) is 17.8 Å². The second kappa shape index (κ2) is 33.5. The highest BCUT2D eigenvalue weighted by atomic mass is 32.1. The number of aromatic nitrogens is 10. The molecule has 0 radical (unpaired) electrons. The molecule has 19 aromatic carbocycles. The number of thiophene rings is 2. The Morgan fingerprint density at radius 3 is 0.957 bits per heavy atom. The first-order valence-electron chi connectivity index (χ1n) is 46.5. The standard InChI is InChI=1S/C46H27N3S2.C40H25N3O.C39H24N4O/c1-4-16-40-33(9-1)38-27-30(32-13-8-15-37-35-11-3-6-18-43(35)51-45(32)37)23-24-41(38)49(40)46-47-26-25-39(48-46)29-21-19-28(20-22-29)31-12-7-14-36-34-10-2-5-17-42(34)50-44(31)36;1-3-12-26(13-4-1)34-25-35(27-14-5-2-6-15-27)42-40(41-34)43-36-20-9-7-16-30(36)33-24-28(22-23-37(33)43)29-18-11-19-32-31-17-8-10-21-38(31)44-39(29)32;1-3-12-25(13-4-1)37-40-38(26-14-5-2-6-15-26)42-39(41-37)43-33-20-9-7-16-29(33)32-24-27(22-23-34(32)43)28-18-11-19-31-30-17-8-10-21-35(30)44-36(28)31/h1-27H;1-25H;1-24H. The van der Waals surface area contributed by atoms with Gasteiger partial charge in [0.25, 0.3) is 0 Å². The van der Waals surface area contributed by atoms with Gasteiger partial charge < -0.3 is 8.83 Å². The maximum atomic E-state index is 6.40. The van der Waals surface area contributed by atoms with Gasteiger partial charge in [-0.3, -0.25) is 13.7 Å². The van der Waals surface area contributed by atoms with Crippen LogP contribution in [0.5, 0.6) is 0 Å². The molecule has 0 fully saturated rings. The largest absolute Gasteiger partial charge is 0.455 e. The Morgan fingerprint density at radius 1 is 0.187 bits per heavy atom. The Balaban J connectivity index is 0.000000105. The van der Waals surface area contributed by atoms with Gasteiger partial charge in [-0.1, -0.05) is 364 Å². The van der Waals surface area contributed by atoms with Crippen LogP contribution in [-0.2, 0) is 0 Å². The van der Waals surface area contributed by atoms with Crippen molar-refractivity contribution in [2.75, 3.05) is 0 Å². The third kappa shape index (κ3) is 13.9. The molecule has 0 spiro atoms. The van der Waals surface area contributed by atoms with E-state index in [0.29, 0.717) is 29.5 Å². The highest BCUT2D eigenvalue weighted by molar-refractivity contribution is 7.26. The van der Waals surface area contributed by atoms with Gasteiger partial charge in [0.15, 0.2) is 11.6 Å². The Kier molecular flexibility index (Phi) is 19.4. The Bertz CT molecular complexity index is 9460. The predicted octanol–water partition coefficient (Wildman–Crippen LogP) is 33.7. The van der Waals surface area contributed by atoms with Crippen LogP contribution in [0, 0.1) is 0 Å². The van der Waals surface area contributed by atoms with Crippen molar-refractivity contribution in [3.8, 4) is 119 Å². The summed E-state index contributed by atoms with van der Waals surface area (Å²) in [5, 5.41) is 16.7. The molecule has 139 heavy (non-hydrogen) atoms. The van der Waals surface area contributed by atoms with Crippen molar-refractivity contribution in [2.24, 2.45) is 0 Å². The summed E-state index contributed by atoms with van der Waals surface area (Å²) < 4.78 is 24.6. The van der Waals surface area contributed by atoms with E-state index in [9.17, 15) is 0 Å². The number of benzene rings is 19. The van der Waals surface area contributed by atoms with Crippen molar-refractivity contribution in [2.45, 2.75) is 0 Å². The molecule has 10 heterocycles. The summed E-state index contributed by atoms with van der Waals surface area (Å²) in [5.74, 6) is 3.15. The number of nitrogens with zero attached hydrogens (tertiary/aromatic N) is 10. The Morgan fingerprint density at radius 2 is 0.504 bits per heavy atom. The first-order valence-corrected chi connectivity index (χ1v) is 48.1. The third-order valence-corrected chi connectivity index (χ3v) is 29.3. The monoisotopic (exact) mass is 1810 g/mol. The fourth-order valence-electron chi connectivity index (χ4n) is 20.3. The third-order valence-electron chi connectivity index (χ3n) is 26.8. The van der Waals surface area contributed by atoms with Gasteiger partial charge in [0.1, 0.15) is 22.3 Å². The summed E-state index contributed by atoms with van der Waals surface area (Å²) >= 11 is 3.73. The normalized spacial score (nSPS) is 11.7. The lowest BCUT2D eigenvalue weighted by Crippen LogP contribution is -2.06. The van der Waals surface area contributed by atoms with Crippen LogP contribution in [-0.4, -0.2) is 48.6 Å². The highest BCUT2D eigenvalue weighted by Crippen LogP contribution is 2.48. The molecule has 0 bridgehead atoms. The molecule has 0 unspecified atom stereocenters. The van der Waals surface area contributed by atoms with Crippen LogP contribution in [0.4, 0.5) is 0 Å². The van der Waals surface area contributed by atoms with E-state index in [4.69, 9.17) is 43.7 Å². The summed E-state index contributed by atoms with van der Waals surface area (Å²) in [6.07, 6.45) is 1.88. The Hall–Kier alpha value is -18.2. The summed E-state index contributed by atoms with van der Waals surface area (Å²) in [7, 11) is 0. The van der Waals surface area contributed by atoms with Crippen LogP contribution in [0.2, 0.25) is 0 Å². The van der Waals surface area contributed by atoms with Gasteiger partial charge in [0, 0.05) is 139 Å². The lowest BCUT2D eigenvalue weighted by Gasteiger charge is -2.12. The zero-order valence-corrected chi connectivity index (χ0v) is 76.1. The number of hydrogen-bond donors (Lipinski definition) is 0. The average Bonchev–Trinajstić information content (AvgIpc) is 1.58. The number of hydrogen-bond acceptors (Lipinski definition) is 11. The van der Waals surface area contributed by atoms with Crippen molar-refractivity contribution >= 4 is 172 Å². The van der Waals surface area contributed by atoms with E-state index in [1.165, 1.54) is 73.4 Å². The van der Waals surface area contributed by atoms with Gasteiger partial charge in [-0.15, -0.1) is 22.7 Å². The summed E-state index contributed by atoms with van der Waals surface area (Å²) in [6, 6.07) is 159. The quantitative estimate of drug-likeness (QED) is 0.117. The van der Waals surface area contributed by atoms with Crippen LogP contribution in [0.15, 0.2) is 470 Å². The maximum absolute atomic E-state index is 6.40. The summed E-state index contributed by atoms with van der Waals surface area (Å²) in [5.41, 5.74) is 26.9. The molecule has 0 aliphatic heterocycles. The second-order valence-corrected chi connectivity index (χ2v) is 37.0. The van der Waals surface area contributed by atoms with Crippen LogP contribution in [0.1, 0.15) is 0 Å². The zero-order chi connectivity index (χ0) is 91.5. The van der Waals surface area contributed by atoms with Crippen LogP contribution < -0.4 is 0 Å². The van der Waals surface area contributed by atoms with Crippen molar-refractivity contribution < 1.29 is 8.83 Å².